The number of carbonyl (C=O) groups excluding carboxylic acids is 1. The van der Waals surface area contributed by atoms with Gasteiger partial charge in [-0.1, -0.05) is 0 Å². The average Bonchev–Trinajstić information content (AvgIpc) is 3.22. The highest BCUT2D eigenvalue weighted by Crippen LogP contribution is 2.35. The zero-order valence-electron chi connectivity index (χ0n) is 15.8. The largest absolute Gasteiger partial charge is 0.383 e. The Kier molecular flexibility index (Phi) is 6.99. The molecule has 1 saturated heterocycles. The van der Waals surface area contributed by atoms with Gasteiger partial charge in [0.05, 0.1) is 6.61 Å². The summed E-state index contributed by atoms with van der Waals surface area (Å²) in [7, 11) is 1.68. The van der Waals surface area contributed by atoms with Crippen molar-refractivity contribution in [2.75, 3.05) is 33.4 Å². The molecule has 0 unspecified atom stereocenters. The summed E-state index contributed by atoms with van der Waals surface area (Å²) in [5.41, 5.74) is 5.93. The maximum absolute atomic E-state index is 12.4. The standard InChI is InChI=1S/C18H32N6O2/c1-26-9-8-23-13-21-22-17(23)6-7-20-18(25)10-15-4-5-16(11-19)24(15)12-14-2-3-14/h13-16H,2-12,19H2,1H3,(H,20,25)/t15-,16+/m0/s1. The van der Waals surface area contributed by atoms with E-state index >= 15 is 0 Å². The third kappa shape index (κ3) is 5.25. The lowest BCUT2D eigenvalue weighted by atomic mass is 10.1. The molecule has 0 aromatic carbocycles. The lowest BCUT2D eigenvalue weighted by Crippen LogP contribution is -2.43. The van der Waals surface area contributed by atoms with Crippen molar-refractivity contribution in [2.45, 2.75) is 57.2 Å². The van der Waals surface area contributed by atoms with Crippen LogP contribution in [0.15, 0.2) is 6.33 Å². The number of rotatable bonds is 11. The summed E-state index contributed by atoms with van der Waals surface area (Å²) in [5, 5.41) is 11.1. The van der Waals surface area contributed by atoms with Crippen molar-refractivity contribution in [3.05, 3.63) is 12.2 Å². The molecule has 2 fully saturated rings. The molecule has 1 amide bonds. The van der Waals surface area contributed by atoms with Crippen molar-refractivity contribution in [1.82, 2.24) is 25.0 Å². The molecule has 2 heterocycles. The van der Waals surface area contributed by atoms with E-state index in [1.54, 1.807) is 13.4 Å². The fraction of sp³-hybridized carbons (Fsp3) is 0.833. The molecule has 26 heavy (non-hydrogen) atoms. The number of carbonyl (C=O) groups is 1. The summed E-state index contributed by atoms with van der Waals surface area (Å²) in [6.45, 7) is 3.74. The van der Waals surface area contributed by atoms with Crippen LogP contribution < -0.4 is 11.1 Å². The van der Waals surface area contributed by atoms with Crippen LogP contribution in [0, 0.1) is 5.92 Å². The van der Waals surface area contributed by atoms with Crippen molar-refractivity contribution in [3.8, 4) is 0 Å². The average molecular weight is 364 g/mol. The predicted octanol–water partition coefficient (Wildman–Crippen LogP) is 0.175. The van der Waals surface area contributed by atoms with Crippen LogP contribution in [0.3, 0.4) is 0 Å². The Morgan fingerprint density at radius 1 is 1.35 bits per heavy atom. The first-order chi connectivity index (χ1) is 12.7. The summed E-state index contributed by atoms with van der Waals surface area (Å²) in [6, 6.07) is 0.794. The maximum atomic E-state index is 12.4. The van der Waals surface area contributed by atoms with Crippen molar-refractivity contribution < 1.29 is 9.53 Å². The van der Waals surface area contributed by atoms with Gasteiger partial charge in [-0.15, -0.1) is 10.2 Å². The third-order valence-electron chi connectivity index (χ3n) is 5.53. The minimum Gasteiger partial charge on any atom is -0.383 e. The first-order valence-corrected chi connectivity index (χ1v) is 9.79. The minimum absolute atomic E-state index is 0.122. The van der Waals surface area contributed by atoms with Crippen LogP contribution in [-0.4, -0.2) is 71.0 Å². The van der Waals surface area contributed by atoms with Gasteiger partial charge in [-0.25, -0.2) is 0 Å². The fourth-order valence-corrected chi connectivity index (χ4v) is 3.83. The van der Waals surface area contributed by atoms with Gasteiger partial charge in [-0.05, 0) is 31.6 Å². The molecule has 3 rings (SSSR count). The van der Waals surface area contributed by atoms with E-state index in [2.05, 4.69) is 20.4 Å². The topological polar surface area (TPSA) is 98.3 Å². The van der Waals surface area contributed by atoms with Gasteiger partial charge in [0, 0.05) is 58.2 Å². The second-order valence-corrected chi connectivity index (χ2v) is 7.50. The molecule has 2 atom stereocenters. The van der Waals surface area contributed by atoms with Crippen molar-refractivity contribution in [3.63, 3.8) is 0 Å². The summed E-state index contributed by atoms with van der Waals surface area (Å²) in [4.78, 5) is 14.9. The number of nitrogens with two attached hydrogens (primary N) is 1. The molecule has 8 heteroatoms. The Balaban J connectivity index is 1.41. The van der Waals surface area contributed by atoms with E-state index in [0.29, 0.717) is 44.6 Å². The number of amides is 1. The Morgan fingerprint density at radius 3 is 2.88 bits per heavy atom. The van der Waals surface area contributed by atoms with E-state index in [1.807, 2.05) is 4.57 Å². The van der Waals surface area contributed by atoms with Crippen LogP contribution in [0.25, 0.3) is 0 Å². The van der Waals surface area contributed by atoms with E-state index in [-0.39, 0.29) is 5.91 Å². The fourth-order valence-electron chi connectivity index (χ4n) is 3.83. The molecule has 2 aliphatic rings. The predicted molar refractivity (Wildman–Crippen MR) is 98.5 cm³/mol. The number of hydrogen-bond donors (Lipinski definition) is 2. The first kappa shape index (κ1) is 19.3. The van der Waals surface area contributed by atoms with E-state index in [4.69, 9.17) is 10.5 Å². The SMILES string of the molecule is COCCn1cnnc1CCNC(=O)C[C@@H]1CC[C@H](CN)N1CC1CC1. The van der Waals surface area contributed by atoms with Gasteiger partial charge in [0.25, 0.3) is 0 Å². The maximum Gasteiger partial charge on any atom is 0.221 e. The number of methoxy groups -OCH3 is 1. The summed E-state index contributed by atoms with van der Waals surface area (Å²) in [5.74, 6) is 1.82. The number of likely N-dealkylation sites (tertiary alicyclic amines) is 1. The normalized spacial score (nSPS) is 23.5. The van der Waals surface area contributed by atoms with Gasteiger partial charge >= 0.3 is 0 Å². The highest BCUT2D eigenvalue weighted by atomic mass is 16.5. The molecular weight excluding hydrogens is 332 g/mol. The van der Waals surface area contributed by atoms with Gasteiger partial charge in [0.1, 0.15) is 12.2 Å². The zero-order valence-corrected chi connectivity index (χ0v) is 15.8. The van der Waals surface area contributed by atoms with Crippen LogP contribution in [0.2, 0.25) is 0 Å². The lowest BCUT2D eigenvalue weighted by molar-refractivity contribution is -0.122. The monoisotopic (exact) mass is 364 g/mol. The number of ether oxygens (including phenoxy) is 1. The van der Waals surface area contributed by atoms with E-state index in [1.165, 1.54) is 12.8 Å². The lowest BCUT2D eigenvalue weighted by Gasteiger charge is -2.29. The smallest absolute Gasteiger partial charge is 0.221 e. The Bertz CT molecular complexity index is 574. The number of aromatic nitrogens is 3. The molecule has 1 saturated carbocycles. The van der Waals surface area contributed by atoms with E-state index in [0.717, 1.165) is 37.7 Å². The second-order valence-electron chi connectivity index (χ2n) is 7.50. The molecule has 1 aromatic rings. The molecule has 8 nitrogen and oxygen atoms in total. The quantitative estimate of drug-likeness (QED) is 0.581. The second kappa shape index (κ2) is 9.43. The van der Waals surface area contributed by atoms with Gasteiger partial charge < -0.3 is 20.4 Å². The highest BCUT2D eigenvalue weighted by molar-refractivity contribution is 5.76. The van der Waals surface area contributed by atoms with Crippen LogP contribution in [-0.2, 0) is 22.5 Å². The molecule has 1 aliphatic heterocycles. The minimum atomic E-state index is 0.122. The third-order valence-corrected chi connectivity index (χ3v) is 5.53. The van der Waals surface area contributed by atoms with Crippen molar-refractivity contribution >= 4 is 5.91 Å². The molecule has 0 spiro atoms. The van der Waals surface area contributed by atoms with E-state index in [9.17, 15) is 4.79 Å². The van der Waals surface area contributed by atoms with Crippen molar-refractivity contribution in [1.29, 1.82) is 0 Å². The molecule has 1 aromatic heterocycles. The van der Waals surface area contributed by atoms with Crippen LogP contribution in [0.5, 0.6) is 0 Å². The van der Waals surface area contributed by atoms with Gasteiger partial charge in [-0.3, -0.25) is 9.69 Å². The van der Waals surface area contributed by atoms with Gasteiger partial charge in [0.15, 0.2) is 0 Å². The molecule has 3 N–H and O–H groups in total. The number of nitrogens with zero attached hydrogens (tertiary/aromatic N) is 4. The van der Waals surface area contributed by atoms with Crippen LogP contribution in [0.1, 0.15) is 37.9 Å². The first-order valence-electron chi connectivity index (χ1n) is 9.79. The van der Waals surface area contributed by atoms with E-state index < -0.39 is 0 Å². The zero-order chi connectivity index (χ0) is 18.4. The van der Waals surface area contributed by atoms with Crippen LogP contribution >= 0.6 is 0 Å². The van der Waals surface area contributed by atoms with Crippen LogP contribution in [0.4, 0.5) is 0 Å². The Morgan fingerprint density at radius 2 is 2.15 bits per heavy atom. The molecule has 0 radical (unpaired) electrons. The summed E-state index contributed by atoms with van der Waals surface area (Å²) < 4.78 is 7.06. The molecular formula is C18H32N6O2. The Hall–Kier alpha value is -1.51. The highest BCUT2D eigenvalue weighted by Gasteiger charge is 2.37. The van der Waals surface area contributed by atoms with Gasteiger partial charge in [-0.2, -0.15) is 0 Å². The number of nitrogens with one attached hydrogen (secondary N) is 1. The summed E-state index contributed by atoms with van der Waals surface area (Å²) >= 11 is 0. The Labute approximate surface area is 155 Å². The number of hydrogen-bond acceptors (Lipinski definition) is 6. The molecule has 0 bridgehead atoms. The molecule has 1 aliphatic carbocycles. The molecule has 146 valence electrons. The van der Waals surface area contributed by atoms with Gasteiger partial charge in [0.2, 0.25) is 5.91 Å². The summed E-state index contributed by atoms with van der Waals surface area (Å²) in [6.07, 6.45) is 7.80. The van der Waals surface area contributed by atoms with Crippen molar-refractivity contribution in [2.24, 2.45) is 11.7 Å².